The van der Waals surface area contributed by atoms with Crippen LogP contribution in [0.1, 0.15) is 23.1 Å². The second-order valence-corrected chi connectivity index (χ2v) is 3.74. The molecule has 0 spiro atoms. The van der Waals surface area contributed by atoms with Gasteiger partial charge in [0.05, 0.1) is 0 Å². The van der Waals surface area contributed by atoms with E-state index in [2.05, 4.69) is 0 Å². The van der Waals surface area contributed by atoms with Crippen LogP contribution >= 0.6 is 11.6 Å². The van der Waals surface area contributed by atoms with Crippen LogP contribution in [0.15, 0.2) is 6.07 Å². The SMILES string of the molecule is Cc1cc(Cl)c(C)c(CCC=O)c1O. The number of aryl methyl sites for hydroxylation is 1. The summed E-state index contributed by atoms with van der Waals surface area (Å²) >= 11 is 5.97. The Bertz CT molecular complexity index is 333. The van der Waals surface area contributed by atoms with Gasteiger partial charge in [-0.25, -0.2) is 0 Å². The van der Waals surface area contributed by atoms with E-state index in [1.54, 1.807) is 13.0 Å². The van der Waals surface area contributed by atoms with Crippen molar-refractivity contribution in [3.05, 3.63) is 27.8 Å². The summed E-state index contributed by atoms with van der Waals surface area (Å²) in [5, 5.41) is 10.4. The fourth-order valence-corrected chi connectivity index (χ4v) is 1.71. The summed E-state index contributed by atoms with van der Waals surface area (Å²) in [7, 11) is 0. The zero-order valence-electron chi connectivity index (χ0n) is 8.30. The van der Waals surface area contributed by atoms with Crippen LogP contribution < -0.4 is 0 Å². The van der Waals surface area contributed by atoms with Crippen LogP contribution in [0.2, 0.25) is 5.02 Å². The van der Waals surface area contributed by atoms with E-state index in [1.807, 2.05) is 6.92 Å². The fraction of sp³-hybridized carbons (Fsp3) is 0.364. The number of benzene rings is 1. The van der Waals surface area contributed by atoms with Crippen molar-refractivity contribution in [2.24, 2.45) is 0 Å². The number of aromatic hydroxyl groups is 1. The van der Waals surface area contributed by atoms with Gasteiger partial charge < -0.3 is 9.90 Å². The monoisotopic (exact) mass is 212 g/mol. The van der Waals surface area contributed by atoms with E-state index in [4.69, 9.17) is 11.6 Å². The van der Waals surface area contributed by atoms with Gasteiger partial charge >= 0.3 is 0 Å². The van der Waals surface area contributed by atoms with E-state index in [9.17, 15) is 9.90 Å². The van der Waals surface area contributed by atoms with E-state index in [1.165, 1.54) is 0 Å². The predicted octanol–water partition coefficient (Wildman–Crippen LogP) is 2.79. The molecule has 1 aromatic rings. The number of carbonyl (C=O) groups is 1. The molecule has 1 rings (SSSR count). The number of phenols is 1. The Morgan fingerprint density at radius 1 is 1.50 bits per heavy atom. The first-order valence-corrected chi connectivity index (χ1v) is 4.87. The fourth-order valence-electron chi connectivity index (χ4n) is 1.44. The van der Waals surface area contributed by atoms with Gasteiger partial charge in [-0.1, -0.05) is 11.6 Å². The van der Waals surface area contributed by atoms with Crippen LogP contribution in [-0.4, -0.2) is 11.4 Å². The van der Waals surface area contributed by atoms with Gasteiger partial charge in [-0.2, -0.15) is 0 Å². The molecule has 0 radical (unpaired) electrons. The van der Waals surface area contributed by atoms with Crippen molar-refractivity contribution in [2.45, 2.75) is 26.7 Å². The van der Waals surface area contributed by atoms with Gasteiger partial charge in [-0.05, 0) is 43.0 Å². The highest BCUT2D eigenvalue weighted by Crippen LogP contribution is 2.31. The quantitative estimate of drug-likeness (QED) is 0.783. The number of hydrogen-bond donors (Lipinski definition) is 1. The maximum absolute atomic E-state index is 10.3. The van der Waals surface area contributed by atoms with Crippen LogP contribution in [-0.2, 0) is 11.2 Å². The summed E-state index contributed by atoms with van der Waals surface area (Å²) in [6.07, 6.45) is 1.80. The molecule has 0 bridgehead atoms. The Morgan fingerprint density at radius 3 is 2.71 bits per heavy atom. The molecule has 0 unspecified atom stereocenters. The minimum Gasteiger partial charge on any atom is -0.507 e. The molecule has 76 valence electrons. The molecule has 0 aromatic heterocycles. The molecule has 1 aromatic carbocycles. The van der Waals surface area contributed by atoms with Crippen molar-refractivity contribution in [3.63, 3.8) is 0 Å². The molecule has 0 fully saturated rings. The van der Waals surface area contributed by atoms with Gasteiger partial charge in [0, 0.05) is 11.4 Å². The van der Waals surface area contributed by atoms with E-state index < -0.39 is 0 Å². The van der Waals surface area contributed by atoms with Crippen LogP contribution in [0.4, 0.5) is 0 Å². The lowest BCUT2D eigenvalue weighted by Gasteiger charge is -2.11. The molecule has 0 aliphatic rings. The molecule has 0 aliphatic heterocycles. The Balaban J connectivity index is 3.17. The zero-order chi connectivity index (χ0) is 10.7. The Kier molecular flexibility index (Phi) is 3.53. The smallest absolute Gasteiger partial charge is 0.122 e. The van der Waals surface area contributed by atoms with E-state index in [-0.39, 0.29) is 5.75 Å². The number of rotatable bonds is 3. The van der Waals surface area contributed by atoms with Gasteiger partial charge in [-0.15, -0.1) is 0 Å². The molecule has 3 heteroatoms. The normalized spacial score (nSPS) is 10.2. The second kappa shape index (κ2) is 4.47. The third-order valence-electron chi connectivity index (χ3n) is 2.33. The highest BCUT2D eigenvalue weighted by Gasteiger charge is 2.10. The van der Waals surface area contributed by atoms with Crippen LogP contribution in [0.5, 0.6) is 5.75 Å². The number of aldehydes is 1. The average Bonchev–Trinajstić information content (AvgIpc) is 2.15. The second-order valence-electron chi connectivity index (χ2n) is 3.33. The van der Waals surface area contributed by atoms with Crippen molar-refractivity contribution in [1.82, 2.24) is 0 Å². The number of phenolic OH excluding ortho intramolecular Hbond substituents is 1. The highest BCUT2D eigenvalue weighted by atomic mass is 35.5. The number of hydrogen-bond acceptors (Lipinski definition) is 2. The summed E-state index contributed by atoms with van der Waals surface area (Å²) in [4.78, 5) is 10.3. The minimum atomic E-state index is 0.258. The van der Waals surface area contributed by atoms with Gasteiger partial charge in [0.15, 0.2) is 0 Å². The summed E-state index contributed by atoms with van der Waals surface area (Å²) in [6, 6.07) is 1.73. The Labute approximate surface area is 88.5 Å². The van der Waals surface area contributed by atoms with Gasteiger partial charge in [0.25, 0.3) is 0 Å². The molecule has 0 heterocycles. The highest BCUT2D eigenvalue weighted by molar-refractivity contribution is 6.31. The minimum absolute atomic E-state index is 0.258. The first-order valence-electron chi connectivity index (χ1n) is 4.49. The molecule has 0 amide bonds. The number of carbonyl (C=O) groups excluding carboxylic acids is 1. The predicted molar refractivity (Wildman–Crippen MR) is 57.0 cm³/mol. The van der Waals surface area contributed by atoms with Crippen LogP contribution in [0.3, 0.4) is 0 Å². The van der Waals surface area contributed by atoms with Crippen molar-refractivity contribution in [3.8, 4) is 5.75 Å². The van der Waals surface area contributed by atoms with Crippen molar-refractivity contribution < 1.29 is 9.90 Å². The van der Waals surface area contributed by atoms with Gasteiger partial charge in [0.2, 0.25) is 0 Å². The van der Waals surface area contributed by atoms with Crippen molar-refractivity contribution in [2.75, 3.05) is 0 Å². The summed E-state index contributed by atoms with van der Waals surface area (Å²) in [6.45, 7) is 3.65. The average molecular weight is 213 g/mol. The number of halogens is 1. The summed E-state index contributed by atoms with van der Waals surface area (Å²) in [5.74, 6) is 0.258. The third kappa shape index (κ3) is 2.07. The Hall–Kier alpha value is -1.02. The lowest BCUT2D eigenvalue weighted by Crippen LogP contribution is -1.94. The van der Waals surface area contributed by atoms with E-state index >= 15 is 0 Å². The maximum Gasteiger partial charge on any atom is 0.122 e. The van der Waals surface area contributed by atoms with E-state index in [0.717, 1.165) is 23.0 Å². The van der Waals surface area contributed by atoms with Crippen LogP contribution in [0.25, 0.3) is 0 Å². The van der Waals surface area contributed by atoms with Crippen molar-refractivity contribution >= 4 is 17.9 Å². The molecular weight excluding hydrogens is 200 g/mol. The topological polar surface area (TPSA) is 37.3 Å². The lowest BCUT2D eigenvalue weighted by atomic mass is 10.00. The molecule has 0 saturated carbocycles. The largest absolute Gasteiger partial charge is 0.507 e. The van der Waals surface area contributed by atoms with Gasteiger partial charge in [-0.3, -0.25) is 0 Å². The standard InChI is InChI=1S/C11H13ClO2/c1-7-6-10(12)8(2)9(11(7)14)4-3-5-13/h5-6,14H,3-4H2,1-2H3. The molecule has 0 aliphatic carbocycles. The first kappa shape index (κ1) is 11.1. The third-order valence-corrected chi connectivity index (χ3v) is 2.72. The van der Waals surface area contributed by atoms with Crippen LogP contribution in [0, 0.1) is 13.8 Å². The van der Waals surface area contributed by atoms with E-state index in [0.29, 0.717) is 17.9 Å². The zero-order valence-corrected chi connectivity index (χ0v) is 9.06. The molecule has 2 nitrogen and oxygen atoms in total. The van der Waals surface area contributed by atoms with Gasteiger partial charge in [0.1, 0.15) is 12.0 Å². The summed E-state index contributed by atoms with van der Waals surface area (Å²) < 4.78 is 0. The maximum atomic E-state index is 10.3. The molecule has 0 atom stereocenters. The molecule has 0 saturated heterocycles. The summed E-state index contributed by atoms with van der Waals surface area (Å²) in [5.41, 5.74) is 2.39. The Morgan fingerprint density at radius 2 is 2.14 bits per heavy atom. The molecule has 1 N–H and O–H groups in total. The van der Waals surface area contributed by atoms with Crippen molar-refractivity contribution in [1.29, 1.82) is 0 Å². The molecule has 14 heavy (non-hydrogen) atoms. The first-order chi connectivity index (χ1) is 6.57. The molecular formula is C11H13ClO2. The lowest BCUT2D eigenvalue weighted by molar-refractivity contribution is -0.107.